The molecule has 0 atom stereocenters. The van der Waals surface area contributed by atoms with Gasteiger partial charge in [0.05, 0.1) is 11.0 Å². The van der Waals surface area contributed by atoms with Gasteiger partial charge in [0.15, 0.2) is 0 Å². The maximum absolute atomic E-state index is 12.1. The number of carbonyl (C=O) groups is 1. The van der Waals surface area contributed by atoms with Gasteiger partial charge in [0.25, 0.3) is 5.56 Å². The molecule has 0 aliphatic rings. The molecule has 1 aromatic carbocycles. The molecule has 2 aromatic rings. The molecule has 1 heterocycles. The van der Waals surface area contributed by atoms with Gasteiger partial charge in [-0.25, -0.2) is 4.98 Å². The van der Waals surface area contributed by atoms with Gasteiger partial charge in [-0.1, -0.05) is 12.1 Å². The number of benzene rings is 1. The molecule has 5 heteroatoms. The molecule has 0 spiro atoms. The van der Waals surface area contributed by atoms with Gasteiger partial charge < -0.3 is 5.32 Å². The van der Waals surface area contributed by atoms with E-state index >= 15 is 0 Å². The lowest BCUT2D eigenvalue weighted by molar-refractivity contribution is -0.122. The third-order valence-electron chi connectivity index (χ3n) is 2.77. The van der Waals surface area contributed by atoms with Crippen LogP contribution in [0.25, 0.3) is 11.0 Å². The Hall–Kier alpha value is -2.17. The molecule has 0 saturated heterocycles. The fourth-order valence-electron chi connectivity index (χ4n) is 1.99. The first-order valence-electron chi connectivity index (χ1n) is 6.24. The summed E-state index contributed by atoms with van der Waals surface area (Å²) < 4.78 is 1.47. The first kappa shape index (κ1) is 13.3. The van der Waals surface area contributed by atoms with Crippen LogP contribution in [0, 0.1) is 6.92 Å². The first-order chi connectivity index (χ1) is 8.99. The lowest BCUT2D eigenvalue weighted by Crippen LogP contribution is -2.36. The number of hydrogen-bond acceptors (Lipinski definition) is 3. The van der Waals surface area contributed by atoms with E-state index in [2.05, 4.69) is 10.3 Å². The van der Waals surface area contributed by atoms with Gasteiger partial charge in [0.1, 0.15) is 12.2 Å². The van der Waals surface area contributed by atoms with E-state index in [1.165, 1.54) is 4.57 Å². The fourth-order valence-corrected chi connectivity index (χ4v) is 1.99. The van der Waals surface area contributed by atoms with Crippen LogP contribution >= 0.6 is 0 Å². The van der Waals surface area contributed by atoms with Crippen molar-refractivity contribution in [1.82, 2.24) is 14.9 Å². The predicted octanol–water partition coefficient (Wildman–Crippen LogP) is 1.23. The van der Waals surface area contributed by atoms with Gasteiger partial charge in [-0.15, -0.1) is 0 Å². The van der Waals surface area contributed by atoms with E-state index in [4.69, 9.17) is 0 Å². The van der Waals surface area contributed by atoms with E-state index in [0.717, 1.165) is 5.52 Å². The number of nitrogens with zero attached hydrogens (tertiary/aromatic N) is 2. The van der Waals surface area contributed by atoms with Gasteiger partial charge in [-0.05, 0) is 32.9 Å². The number of aryl methyl sites for hydroxylation is 1. The van der Waals surface area contributed by atoms with E-state index in [-0.39, 0.29) is 24.1 Å². The SMILES string of the molecule is Cc1nc2ccccc2n(CC(=O)NC(C)C)c1=O. The second-order valence-electron chi connectivity index (χ2n) is 4.80. The molecular formula is C14H17N3O2. The van der Waals surface area contributed by atoms with Crippen molar-refractivity contribution in [2.75, 3.05) is 0 Å². The lowest BCUT2D eigenvalue weighted by atomic mass is 10.2. The maximum atomic E-state index is 12.1. The summed E-state index contributed by atoms with van der Waals surface area (Å²) in [5.74, 6) is -0.173. The van der Waals surface area contributed by atoms with Crippen molar-refractivity contribution < 1.29 is 4.79 Å². The summed E-state index contributed by atoms with van der Waals surface area (Å²) in [6.45, 7) is 5.44. The van der Waals surface area contributed by atoms with Gasteiger partial charge >= 0.3 is 0 Å². The van der Waals surface area contributed by atoms with Crippen molar-refractivity contribution in [2.45, 2.75) is 33.4 Å². The van der Waals surface area contributed by atoms with E-state index in [9.17, 15) is 9.59 Å². The topological polar surface area (TPSA) is 64.0 Å². The van der Waals surface area contributed by atoms with E-state index < -0.39 is 0 Å². The highest BCUT2D eigenvalue weighted by Crippen LogP contribution is 2.09. The van der Waals surface area contributed by atoms with Gasteiger partial charge in [0.2, 0.25) is 5.91 Å². The number of para-hydroxylation sites is 2. The van der Waals surface area contributed by atoms with Crippen molar-refractivity contribution in [2.24, 2.45) is 0 Å². The van der Waals surface area contributed by atoms with Crippen LogP contribution in [0.2, 0.25) is 0 Å². The Labute approximate surface area is 111 Å². The minimum atomic E-state index is -0.224. The molecule has 0 aliphatic carbocycles. The molecule has 0 aliphatic heterocycles. The molecule has 0 unspecified atom stereocenters. The summed E-state index contributed by atoms with van der Waals surface area (Å²) in [6, 6.07) is 7.37. The highest BCUT2D eigenvalue weighted by Gasteiger charge is 2.11. The highest BCUT2D eigenvalue weighted by molar-refractivity contribution is 5.80. The number of nitrogens with one attached hydrogen (secondary N) is 1. The number of amides is 1. The molecule has 100 valence electrons. The third-order valence-corrected chi connectivity index (χ3v) is 2.77. The second kappa shape index (κ2) is 5.22. The van der Waals surface area contributed by atoms with Crippen LogP contribution in [0.5, 0.6) is 0 Å². The van der Waals surface area contributed by atoms with Crippen molar-refractivity contribution in [3.8, 4) is 0 Å². The number of carbonyl (C=O) groups excluding carboxylic acids is 1. The van der Waals surface area contributed by atoms with E-state index in [1.807, 2.05) is 32.0 Å². The van der Waals surface area contributed by atoms with Crippen molar-refractivity contribution >= 4 is 16.9 Å². The quantitative estimate of drug-likeness (QED) is 0.901. The van der Waals surface area contributed by atoms with Crippen LogP contribution in [0.4, 0.5) is 0 Å². The van der Waals surface area contributed by atoms with Crippen LogP contribution in [0.15, 0.2) is 29.1 Å². The third kappa shape index (κ3) is 2.81. The standard InChI is InChI=1S/C14H17N3O2/c1-9(2)15-13(18)8-17-12-7-5-4-6-11(12)16-10(3)14(17)19/h4-7,9H,8H2,1-3H3,(H,15,18). The van der Waals surface area contributed by atoms with Crippen molar-refractivity contribution in [3.05, 3.63) is 40.3 Å². The average molecular weight is 259 g/mol. The zero-order valence-corrected chi connectivity index (χ0v) is 11.3. The molecule has 19 heavy (non-hydrogen) atoms. The summed E-state index contributed by atoms with van der Waals surface area (Å²) in [4.78, 5) is 28.2. The number of aromatic nitrogens is 2. The van der Waals surface area contributed by atoms with Gasteiger partial charge in [0, 0.05) is 6.04 Å². The maximum Gasteiger partial charge on any atom is 0.272 e. The number of fused-ring (bicyclic) bond motifs is 1. The monoisotopic (exact) mass is 259 g/mol. The molecule has 0 radical (unpaired) electrons. The molecule has 0 saturated carbocycles. The minimum Gasteiger partial charge on any atom is -0.352 e. The zero-order chi connectivity index (χ0) is 14.0. The molecule has 1 N–H and O–H groups in total. The minimum absolute atomic E-state index is 0.0148. The van der Waals surface area contributed by atoms with Crippen LogP contribution < -0.4 is 10.9 Å². The summed E-state index contributed by atoms with van der Waals surface area (Å²) in [5.41, 5.74) is 1.57. The van der Waals surface area contributed by atoms with Crippen LogP contribution in [0.1, 0.15) is 19.5 Å². The Morgan fingerprint density at radius 3 is 2.74 bits per heavy atom. The fraction of sp³-hybridized carbons (Fsp3) is 0.357. The highest BCUT2D eigenvalue weighted by atomic mass is 16.2. The van der Waals surface area contributed by atoms with Gasteiger partial charge in [-0.2, -0.15) is 0 Å². The summed E-state index contributed by atoms with van der Waals surface area (Å²) in [6.07, 6.45) is 0. The molecular weight excluding hydrogens is 242 g/mol. The molecule has 2 rings (SSSR count). The Kier molecular flexibility index (Phi) is 3.64. The molecule has 0 bridgehead atoms. The average Bonchev–Trinajstić information content (AvgIpc) is 2.34. The van der Waals surface area contributed by atoms with E-state index in [0.29, 0.717) is 11.2 Å². The van der Waals surface area contributed by atoms with Crippen LogP contribution in [-0.4, -0.2) is 21.5 Å². The normalized spacial score (nSPS) is 10.9. The zero-order valence-electron chi connectivity index (χ0n) is 11.3. The van der Waals surface area contributed by atoms with Crippen molar-refractivity contribution in [1.29, 1.82) is 0 Å². The second-order valence-corrected chi connectivity index (χ2v) is 4.80. The Bertz CT molecular complexity index is 674. The first-order valence-corrected chi connectivity index (χ1v) is 6.24. The molecule has 1 aromatic heterocycles. The molecule has 0 fully saturated rings. The van der Waals surface area contributed by atoms with Crippen LogP contribution in [0.3, 0.4) is 0 Å². The summed E-state index contributed by atoms with van der Waals surface area (Å²) in [7, 11) is 0. The Morgan fingerprint density at radius 1 is 1.37 bits per heavy atom. The lowest BCUT2D eigenvalue weighted by Gasteiger charge is -2.12. The summed E-state index contributed by atoms with van der Waals surface area (Å²) >= 11 is 0. The van der Waals surface area contributed by atoms with E-state index in [1.54, 1.807) is 13.0 Å². The Morgan fingerprint density at radius 2 is 2.05 bits per heavy atom. The predicted molar refractivity (Wildman–Crippen MR) is 74.0 cm³/mol. The largest absolute Gasteiger partial charge is 0.352 e. The Balaban J connectivity index is 2.49. The van der Waals surface area contributed by atoms with Crippen LogP contribution in [-0.2, 0) is 11.3 Å². The molecule has 1 amide bonds. The van der Waals surface area contributed by atoms with Gasteiger partial charge in [-0.3, -0.25) is 14.2 Å². The summed E-state index contributed by atoms with van der Waals surface area (Å²) in [5, 5.41) is 2.78. The van der Waals surface area contributed by atoms with Crippen molar-refractivity contribution in [3.63, 3.8) is 0 Å². The number of rotatable bonds is 3. The molecule has 5 nitrogen and oxygen atoms in total. The smallest absolute Gasteiger partial charge is 0.272 e. The number of hydrogen-bond donors (Lipinski definition) is 1.